The summed E-state index contributed by atoms with van der Waals surface area (Å²) in [5.41, 5.74) is 5.91. The number of likely N-dealkylation sites (N-methyl/N-ethyl adjacent to an activating group) is 2. The monoisotopic (exact) mass is 958 g/mol. The minimum absolute atomic E-state index is 0.0939. The zero-order chi connectivity index (χ0) is 50.1. The van der Waals surface area contributed by atoms with Crippen molar-refractivity contribution >= 4 is 41.5 Å². The number of anilines is 2. The Hall–Kier alpha value is -7.08. The molecule has 4 amide bonds. The van der Waals surface area contributed by atoms with Crippen molar-refractivity contribution < 1.29 is 43.6 Å². The summed E-state index contributed by atoms with van der Waals surface area (Å²) in [4.78, 5) is 63.6. The Balaban J connectivity index is 0.000000218. The van der Waals surface area contributed by atoms with Gasteiger partial charge in [-0.1, -0.05) is 74.5 Å². The first-order chi connectivity index (χ1) is 33.7. The van der Waals surface area contributed by atoms with Crippen molar-refractivity contribution in [1.82, 2.24) is 24.2 Å². The number of piperazine rings is 1. The summed E-state index contributed by atoms with van der Waals surface area (Å²) in [6, 6.07) is 32.2. The SMILES string of the molecule is CC(C)c1c(C(=O)Nc2ccccc2)c(-c2ccccc2)c(-c2ccc(F)cc2)n1CC[C@@H](O)C[C@@H](O)CC(=O)O.COc1ccccc1N1CCN(CCN2C=NC3C2C(=O)N(C)C(=O)N3C)CC1. The number of aliphatic hydroxyl groups is 2. The summed E-state index contributed by atoms with van der Waals surface area (Å²) in [6.07, 6.45) is -1.21. The minimum atomic E-state index is -1.18. The van der Waals surface area contributed by atoms with E-state index >= 15 is 0 Å². The van der Waals surface area contributed by atoms with Gasteiger partial charge in [0.15, 0.2) is 12.2 Å². The van der Waals surface area contributed by atoms with Gasteiger partial charge in [-0.2, -0.15) is 0 Å². The molecule has 0 aliphatic carbocycles. The van der Waals surface area contributed by atoms with E-state index in [9.17, 15) is 33.8 Å². The number of ether oxygens (including phenoxy) is 1. The summed E-state index contributed by atoms with van der Waals surface area (Å²) < 4.78 is 21.5. The molecule has 2 fully saturated rings. The Labute approximate surface area is 408 Å². The smallest absolute Gasteiger partial charge is 0.328 e. The highest BCUT2D eigenvalue weighted by molar-refractivity contribution is 6.12. The number of urea groups is 1. The van der Waals surface area contributed by atoms with E-state index in [1.165, 1.54) is 29.0 Å². The number of aliphatic hydroxyl groups excluding tert-OH is 2. The van der Waals surface area contributed by atoms with Gasteiger partial charge in [0, 0.05) is 76.9 Å². The standard InChI is InChI=1S/C33H35FN2O5.C20H28N6O3/c1-21(2)31-30(33(41)35-25-11-7-4-8-12-25)29(22-9-5-3-6-10-22)32(23-13-15-24(34)16-14-23)36(31)18-17-26(37)19-27(38)20-28(39)40;1-22-18-17(19(27)23(2)20(22)28)26(14-21-18)13-10-24-8-11-25(12-9-24)15-6-4-5-7-16(15)29-3/h3-16,21,26-27,37-38H,17-20H2,1-2H3,(H,35,41)(H,39,40);4-7,14,17-18H,8-13H2,1-3H3/t26-,27-;/m1./s1. The number of amides is 4. The zero-order valence-electron chi connectivity index (χ0n) is 40.3. The fourth-order valence-electron chi connectivity index (χ4n) is 9.46. The number of nitrogens with one attached hydrogen (secondary N) is 1. The van der Waals surface area contributed by atoms with Crippen LogP contribution in [-0.4, -0.2) is 155 Å². The minimum Gasteiger partial charge on any atom is -0.495 e. The van der Waals surface area contributed by atoms with Gasteiger partial charge in [-0.15, -0.1) is 0 Å². The molecule has 70 heavy (non-hydrogen) atoms. The second-order valence-corrected chi connectivity index (χ2v) is 18.1. The number of hydrogen-bond donors (Lipinski definition) is 4. The van der Waals surface area contributed by atoms with Crippen molar-refractivity contribution in [2.75, 3.05) is 70.7 Å². The third-order valence-corrected chi connectivity index (χ3v) is 13.0. The predicted molar refractivity (Wildman–Crippen MR) is 268 cm³/mol. The first kappa shape index (κ1) is 50.8. The number of carboxylic acids is 1. The number of aliphatic imine (C=N–C) groups is 1. The molecule has 4 heterocycles. The van der Waals surface area contributed by atoms with Crippen LogP contribution < -0.4 is 15.0 Å². The van der Waals surface area contributed by atoms with Crippen molar-refractivity contribution in [3.63, 3.8) is 0 Å². The summed E-state index contributed by atoms with van der Waals surface area (Å²) in [7, 11) is 4.93. The number of halogens is 1. The van der Waals surface area contributed by atoms with Crippen LogP contribution in [0.3, 0.4) is 0 Å². The molecule has 0 saturated carbocycles. The van der Waals surface area contributed by atoms with Crippen molar-refractivity contribution in [2.45, 2.75) is 70.0 Å². The average molecular weight is 959 g/mol. The molecule has 4 N–H and O–H groups in total. The maximum absolute atomic E-state index is 14.0. The van der Waals surface area contributed by atoms with Crippen LogP contribution in [0.5, 0.6) is 5.75 Å². The number of carboxylic acid groups (broad SMARTS) is 1. The molecule has 16 nitrogen and oxygen atoms in total. The Morgan fingerprint density at radius 1 is 0.814 bits per heavy atom. The number of benzene rings is 4. The maximum Gasteiger partial charge on any atom is 0.328 e. The number of fused-ring (bicyclic) bond motifs is 1. The number of nitrogens with zero attached hydrogens (tertiary/aromatic N) is 7. The largest absolute Gasteiger partial charge is 0.495 e. The van der Waals surface area contributed by atoms with E-state index in [2.05, 4.69) is 26.2 Å². The summed E-state index contributed by atoms with van der Waals surface area (Å²) >= 11 is 0. The quantitative estimate of drug-likeness (QED) is 0.0779. The van der Waals surface area contributed by atoms with Gasteiger partial charge in [-0.05, 0) is 78.4 Å². The Bertz CT molecular complexity index is 2620. The lowest BCUT2D eigenvalue weighted by molar-refractivity contribution is -0.139. The number of hydrogen-bond acceptors (Lipinski definition) is 11. The van der Waals surface area contributed by atoms with Crippen LogP contribution in [0.1, 0.15) is 55.1 Å². The molecule has 3 aliphatic heterocycles. The number of aliphatic carboxylic acids is 1. The number of para-hydroxylation sites is 3. The van der Waals surface area contributed by atoms with Crippen LogP contribution in [0.15, 0.2) is 114 Å². The van der Waals surface area contributed by atoms with Crippen molar-refractivity contribution in [3.05, 3.63) is 126 Å². The summed E-state index contributed by atoms with van der Waals surface area (Å²) in [6.45, 7) is 9.57. The van der Waals surface area contributed by atoms with Crippen LogP contribution in [0, 0.1) is 5.82 Å². The zero-order valence-corrected chi connectivity index (χ0v) is 40.3. The molecule has 0 bridgehead atoms. The molecule has 17 heteroatoms. The Morgan fingerprint density at radius 3 is 2.10 bits per heavy atom. The summed E-state index contributed by atoms with van der Waals surface area (Å²) in [5, 5.41) is 32.8. The topological polar surface area (TPSA) is 184 Å². The average Bonchev–Trinajstić information content (AvgIpc) is 3.95. The molecule has 5 aromatic rings. The lowest BCUT2D eigenvalue weighted by Crippen LogP contribution is -2.64. The third-order valence-electron chi connectivity index (χ3n) is 13.0. The van der Waals surface area contributed by atoms with E-state index in [-0.39, 0.29) is 49.0 Å². The van der Waals surface area contributed by atoms with Gasteiger partial charge < -0.3 is 44.6 Å². The lowest BCUT2D eigenvalue weighted by Gasteiger charge is -2.41. The van der Waals surface area contributed by atoms with E-state index in [0.29, 0.717) is 34.6 Å². The van der Waals surface area contributed by atoms with Gasteiger partial charge >= 0.3 is 12.0 Å². The van der Waals surface area contributed by atoms with Crippen LogP contribution in [0.25, 0.3) is 22.4 Å². The van der Waals surface area contributed by atoms with Crippen molar-refractivity contribution in [1.29, 1.82) is 0 Å². The van der Waals surface area contributed by atoms with Crippen LogP contribution in [-0.2, 0) is 16.1 Å². The molecule has 2 unspecified atom stereocenters. The van der Waals surface area contributed by atoms with E-state index in [1.54, 1.807) is 32.6 Å². The molecule has 4 atom stereocenters. The summed E-state index contributed by atoms with van der Waals surface area (Å²) in [5.74, 6) is -1.22. The van der Waals surface area contributed by atoms with E-state index < -0.39 is 36.8 Å². The number of rotatable bonds is 17. The molecule has 3 aliphatic rings. The van der Waals surface area contributed by atoms with Gasteiger partial charge in [0.2, 0.25) is 0 Å². The second-order valence-electron chi connectivity index (χ2n) is 18.1. The number of carbonyl (C=O) groups is 4. The highest BCUT2D eigenvalue weighted by Crippen LogP contribution is 2.43. The molecule has 8 rings (SSSR count). The molecule has 4 aromatic carbocycles. The Morgan fingerprint density at radius 2 is 1.46 bits per heavy atom. The van der Waals surface area contributed by atoms with E-state index in [0.717, 1.165) is 55.4 Å². The molecule has 0 radical (unpaired) electrons. The van der Waals surface area contributed by atoms with E-state index in [1.807, 2.05) is 102 Å². The normalized spacial score (nSPS) is 17.8. The molecule has 1 aromatic heterocycles. The van der Waals surface area contributed by atoms with Gasteiger partial charge in [0.25, 0.3) is 11.8 Å². The third kappa shape index (κ3) is 11.7. The van der Waals surface area contributed by atoms with Crippen molar-refractivity contribution in [3.8, 4) is 28.1 Å². The van der Waals surface area contributed by atoms with E-state index in [4.69, 9.17) is 9.84 Å². The van der Waals surface area contributed by atoms with Gasteiger partial charge in [-0.25, -0.2) is 14.2 Å². The highest BCUT2D eigenvalue weighted by Gasteiger charge is 2.48. The number of carbonyl (C=O) groups excluding carboxylic acids is 3. The number of imide groups is 1. The molecule has 2 saturated heterocycles. The molecule has 370 valence electrons. The first-order valence-electron chi connectivity index (χ1n) is 23.6. The first-order valence-corrected chi connectivity index (χ1v) is 23.6. The maximum atomic E-state index is 14.0. The number of aromatic nitrogens is 1. The second kappa shape index (κ2) is 23.0. The van der Waals surface area contributed by atoms with Gasteiger partial charge in [0.05, 0.1) is 49.0 Å². The van der Waals surface area contributed by atoms with Gasteiger partial charge in [-0.3, -0.25) is 24.2 Å². The predicted octanol–water partition coefficient (Wildman–Crippen LogP) is 6.69. The molecule has 0 spiro atoms. The van der Waals surface area contributed by atoms with Gasteiger partial charge in [0.1, 0.15) is 11.6 Å². The molecular formula is C53H63FN8O8. The molecular weight excluding hydrogens is 896 g/mol. The fourth-order valence-corrected chi connectivity index (χ4v) is 9.46. The number of methoxy groups -OCH3 is 1. The van der Waals surface area contributed by atoms with Crippen LogP contribution in [0.2, 0.25) is 0 Å². The lowest BCUT2D eigenvalue weighted by atomic mass is 9.94. The highest BCUT2D eigenvalue weighted by atomic mass is 19.1. The fraction of sp³-hybridized carbons (Fsp3) is 0.377. The van der Waals surface area contributed by atoms with Crippen LogP contribution in [0.4, 0.5) is 20.6 Å². The van der Waals surface area contributed by atoms with Crippen LogP contribution >= 0.6 is 0 Å². The van der Waals surface area contributed by atoms with Crippen molar-refractivity contribution in [2.24, 2.45) is 4.99 Å². The Kier molecular flexibility index (Phi) is 16.7.